The van der Waals surface area contributed by atoms with Crippen LogP contribution in [0, 0.1) is 0 Å². The number of alkyl halides is 4. The van der Waals surface area contributed by atoms with E-state index in [0.29, 0.717) is 0 Å². The number of benzene rings is 1. The molecule has 0 N–H and O–H groups in total. The molecular weight excluding hydrogens is 252 g/mol. The van der Waals surface area contributed by atoms with Crippen molar-refractivity contribution in [2.75, 3.05) is 0 Å². The summed E-state index contributed by atoms with van der Waals surface area (Å²) < 4.78 is 51.8. The summed E-state index contributed by atoms with van der Waals surface area (Å²) in [6, 6.07) is 4.51. The van der Waals surface area contributed by atoms with Gasteiger partial charge in [-0.1, -0.05) is 6.07 Å². The van der Waals surface area contributed by atoms with E-state index in [9.17, 15) is 22.4 Å². The first kappa shape index (κ1) is 12.8. The average Bonchev–Trinajstić information content (AvgIpc) is 2.16. The number of hydrogen-bond donors (Lipinski definition) is 0. The van der Waals surface area contributed by atoms with Gasteiger partial charge in [0.2, 0.25) is 0 Å². The lowest BCUT2D eigenvalue weighted by atomic mass is 10.2. The van der Waals surface area contributed by atoms with Crippen LogP contribution in [0.3, 0.4) is 0 Å². The second kappa shape index (κ2) is 4.69. The molecule has 7 heteroatoms. The highest BCUT2D eigenvalue weighted by Crippen LogP contribution is 2.26. The quantitative estimate of drug-likeness (QED) is 0.613. The van der Waals surface area contributed by atoms with Crippen LogP contribution in [0.2, 0.25) is 0 Å². The maximum atomic E-state index is 12.5. The first-order valence-corrected chi connectivity index (χ1v) is 4.36. The number of carbonyl (C=O) groups is 1. The molecule has 1 aromatic carbocycles. The van der Waals surface area contributed by atoms with Gasteiger partial charge in [0, 0.05) is 5.56 Å². The summed E-state index contributed by atoms with van der Waals surface area (Å²) in [4.78, 5) is 10.7. The molecule has 0 heterocycles. The third-order valence-corrected chi connectivity index (χ3v) is 1.78. The van der Waals surface area contributed by atoms with E-state index in [2.05, 4.69) is 4.74 Å². The third-order valence-electron chi connectivity index (χ3n) is 1.56. The molecule has 1 rings (SSSR count). The number of halogens is 5. The first-order chi connectivity index (χ1) is 7.30. The van der Waals surface area contributed by atoms with Crippen molar-refractivity contribution in [3.63, 3.8) is 0 Å². The van der Waals surface area contributed by atoms with Crippen molar-refractivity contribution in [1.29, 1.82) is 0 Å². The fraction of sp³-hybridized carbons (Fsp3) is 0.222. The summed E-state index contributed by atoms with van der Waals surface area (Å²) in [6.07, 6.45) is -8.55. The van der Waals surface area contributed by atoms with Crippen molar-refractivity contribution in [3.8, 4) is 5.75 Å². The SMILES string of the molecule is O=C(Cl)c1cccc(OC(F)C(F)(F)F)c1. The lowest BCUT2D eigenvalue weighted by molar-refractivity contribution is -0.236. The summed E-state index contributed by atoms with van der Waals surface area (Å²) in [7, 11) is 0. The van der Waals surface area contributed by atoms with Crippen LogP contribution in [0.5, 0.6) is 5.75 Å². The largest absolute Gasteiger partial charge is 0.457 e. The maximum Gasteiger partial charge on any atom is 0.457 e. The van der Waals surface area contributed by atoms with Crippen molar-refractivity contribution < 1.29 is 27.1 Å². The first-order valence-electron chi connectivity index (χ1n) is 3.98. The Hall–Kier alpha value is -1.30. The lowest BCUT2D eigenvalue weighted by Gasteiger charge is -2.14. The molecule has 0 bridgehead atoms. The van der Waals surface area contributed by atoms with Crippen molar-refractivity contribution in [3.05, 3.63) is 29.8 Å². The van der Waals surface area contributed by atoms with E-state index in [4.69, 9.17) is 11.6 Å². The Kier molecular flexibility index (Phi) is 3.74. The van der Waals surface area contributed by atoms with Crippen molar-refractivity contribution in [2.24, 2.45) is 0 Å². The fourth-order valence-electron chi connectivity index (χ4n) is 0.878. The van der Waals surface area contributed by atoms with Crippen molar-refractivity contribution in [2.45, 2.75) is 12.5 Å². The molecular formula is C9H5ClF4O2. The van der Waals surface area contributed by atoms with Crippen LogP contribution < -0.4 is 4.74 Å². The molecule has 0 saturated carbocycles. The minimum Gasteiger partial charge on any atom is -0.452 e. The van der Waals surface area contributed by atoms with Crippen LogP contribution in [0.4, 0.5) is 17.6 Å². The summed E-state index contributed by atoms with van der Waals surface area (Å²) in [5.74, 6) is -0.420. The Bertz CT molecular complexity index is 391. The van der Waals surface area contributed by atoms with Gasteiger partial charge in [0.1, 0.15) is 5.75 Å². The number of ether oxygens (including phenoxy) is 1. The predicted molar refractivity (Wildman–Crippen MR) is 48.2 cm³/mol. The van der Waals surface area contributed by atoms with Gasteiger partial charge < -0.3 is 4.74 Å². The normalized spacial score (nSPS) is 13.3. The van der Waals surface area contributed by atoms with E-state index < -0.39 is 23.5 Å². The molecule has 1 unspecified atom stereocenters. The van der Waals surface area contributed by atoms with Crippen LogP contribution in [0.1, 0.15) is 10.4 Å². The monoisotopic (exact) mass is 256 g/mol. The van der Waals surface area contributed by atoms with Gasteiger partial charge in [0.05, 0.1) is 0 Å². The molecule has 0 radical (unpaired) electrons. The summed E-state index contributed by atoms with van der Waals surface area (Å²) >= 11 is 5.09. The molecule has 0 amide bonds. The van der Waals surface area contributed by atoms with E-state index in [1.54, 1.807) is 0 Å². The third kappa shape index (κ3) is 3.37. The maximum absolute atomic E-state index is 12.5. The molecule has 88 valence electrons. The molecule has 0 aliphatic carbocycles. The van der Waals surface area contributed by atoms with Crippen molar-refractivity contribution in [1.82, 2.24) is 0 Å². The zero-order chi connectivity index (χ0) is 12.3. The molecule has 16 heavy (non-hydrogen) atoms. The summed E-state index contributed by atoms with van der Waals surface area (Å²) in [5.41, 5.74) is -0.0754. The van der Waals surface area contributed by atoms with Gasteiger partial charge in [-0.15, -0.1) is 0 Å². The molecule has 0 aliphatic rings. The summed E-state index contributed by atoms with van der Waals surface area (Å²) in [6.45, 7) is 0. The molecule has 0 spiro atoms. The number of carbonyl (C=O) groups excluding carboxylic acids is 1. The van der Waals surface area contributed by atoms with Crippen molar-refractivity contribution >= 4 is 16.8 Å². The van der Waals surface area contributed by atoms with Crippen LogP contribution in [0.25, 0.3) is 0 Å². The second-order valence-electron chi connectivity index (χ2n) is 2.78. The smallest absolute Gasteiger partial charge is 0.452 e. The lowest BCUT2D eigenvalue weighted by Crippen LogP contribution is -2.29. The zero-order valence-electron chi connectivity index (χ0n) is 7.59. The number of rotatable bonds is 3. The topological polar surface area (TPSA) is 26.3 Å². The van der Waals surface area contributed by atoms with E-state index in [-0.39, 0.29) is 5.56 Å². The molecule has 2 nitrogen and oxygen atoms in total. The molecule has 0 aliphatic heterocycles. The van der Waals surface area contributed by atoms with Gasteiger partial charge in [0.25, 0.3) is 5.24 Å². The fourth-order valence-corrected chi connectivity index (χ4v) is 0.996. The minimum absolute atomic E-state index is 0.0754. The van der Waals surface area contributed by atoms with Gasteiger partial charge in [-0.3, -0.25) is 4.79 Å². The molecule has 0 aromatic heterocycles. The summed E-state index contributed by atoms with van der Waals surface area (Å²) in [5, 5.41) is -0.868. The second-order valence-corrected chi connectivity index (χ2v) is 3.12. The van der Waals surface area contributed by atoms with Crippen LogP contribution in [-0.2, 0) is 0 Å². The Morgan fingerprint density at radius 1 is 1.38 bits per heavy atom. The minimum atomic E-state index is -5.11. The standard InChI is InChI=1S/C9H5ClF4O2/c10-7(15)5-2-1-3-6(4-5)16-8(11)9(12,13)14/h1-4,8H. The van der Waals surface area contributed by atoms with E-state index in [0.717, 1.165) is 12.1 Å². The molecule has 1 atom stereocenters. The highest BCUT2D eigenvalue weighted by atomic mass is 35.5. The van der Waals surface area contributed by atoms with Crippen LogP contribution >= 0.6 is 11.6 Å². The Balaban J connectivity index is 2.82. The van der Waals surface area contributed by atoms with E-state index in [1.807, 2.05) is 0 Å². The predicted octanol–water partition coefficient (Wildman–Crippen LogP) is 3.30. The Labute approximate surface area is 92.8 Å². The molecule has 0 saturated heterocycles. The van der Waals surface area contributed by atoms with E-state index in [1.165, 1.54) is 12.1 Å². The highest BCUT2D eigenvalue weighted by molar-refractivity contribution is 6.67. The molecule has 1 aromatic rings. The van der Waals surface area contributed by atoms with Gasteiger partial charge in [0.15, 0.2) is 0 Å². The van der Waals surface area contributed by atoms with E-state index >= 15 is 0 Å². The molecule has 0 fully saturated rings. The number of hydrogen-bond acceptors (Lipinski definition) is 2. The van der Waals surface area contributed by atoms with Crippen LogP contribution in [-0.4, -0.2) is 17.8 Å². The Morgan fingerprint density at radius 2 is 2.00 bits per heavy atom. The van der Waals surface area contributed by atoms with Crippen LogP contribution in [0.15, 0.2) is 24.3 Å². The average molecular weight is 257 g/mol. The van der Waals surface area contributed by atoms with Gasteiger partial charge in [-0.05, 0) is 29.8 Å². The highest BCUT2D eigenvalue weighted by Gasteiger charge is 2.42. The van der Waals surface area contributed by atoms with Gasteiger partial charge in [-0.25, -0.2) is 0 Å². The zero-order valence-corrected chi connectivity index (χ0v) is 8.35. The Morgan fingerprint density at radius 3 is 2.50 bits per heavy atom. The van der Waals surface area contributed by atoms with Gasteiger partial charge in [-0.2, -0.15) is 17.6 Å². The van der Waals surface area contributed by atoms with Gasteiger partial charge >= 0.3 is 12.5 Å².